The fourth-order valence-electron chi connectivity index (χ4n) is 3.43. The Morgan fingerprint density at radius 1 is 1.30 bits per heavy atom. The van der Waals surface area contributed by atoms with E-state index in [9.17, 15) is 0 Å². The summed E-state index contributed by atoms with van der Waals surface area (Å²) in [6, 6.07) is 6.59. The lowest BCUT2D eigenvalue weighted by Crippen LogP contribution is -2.31. The Balaban J connectivity index is 1.74. The number of rotatable bonds is 4. The van der Waals surface area contributed by atoms with E-state index in [1.165, 1.54) is 43.5 Å². The van der Waals surface area contributed by atoms with E-state index in [4.69, 9.17) is 4.74 Å². The molecule has 0 amide bonds. The van der Waals surface area contributed by atoms with E-state index in [2.05, 4.69) is 49.1 Å². The van der Waals surface area contributed by atoms with Crippen molar-refractivity contribution < 1.29 is 4.74 Å². The zero-order valence-electron chi connectivity index (χ0n) is 12.6. The Bertz CT molecular complexity index is 492. The average molecular weight is 271 g/mol. The summed E-state index contributed by atoms with van der Waals surface area (Å²) in [6.45, 7) is 7.73. The molecule has 0 saturated heterocycles. The van der Waals surface area contributed by atoms with E-state index >= 15 is 0 Å². The van der Waals surface area contributed by atoms with Crippen molar-refractivity contribution in [2.45, 2.75) is 45.1 Å². The minimum Gasteiger partial charge on any atom is -0.491 e. The van der Waals surface area contributed by atoms with Gasteiger partial charge in [-0.1, -0.05) is 24.3 Å². The second-order valence-corrected chi connectivity index (χ2v) is 6.25. The highest BCUT2D eigenvalue weighted by molar-refractivity contribution is 5.45. The van der Waals surface area contributed by atoms with E-state index in [0.29, 0.717) is 5.92 Å². The van der Waals surface area contributed by atoms with Gasteiger partial charge in [0.05, 0.1) is 6.10 Å². The fraction of sp³-hybridized carbons (Fsp3) is 0.556. The molecule has 1 aliphatic heterocycles. The van der Waals surface area contributed by atoms with Gasteiger partial charge in [-0.25, -0.2) is 0 Å². The van der Waals surface area contributed by atoms with Crippen molar-refractivity contribution in [1.82, 2.24) is 4.90 Å². The summed E-state index contributed by atoms with van der Waals surface area (Å²) in [5.74, 6) is 1.80. The molecule has 0 aromatic heterocycles. The van der Waals surface area contributed by atoms with Crippen LogP contribution in [0, 0.1) is 0 Å². The quantitative estimate of drug-likeness (QED) is 0.773. The van der Waals surface area contributed by atoms with Gasteiger partial charge in [-0.2, -0.15) is 0 Å². The molecular formula is C18H25NO. The largest absolute Gasteiger partial charge is 0.491 e. The van der Waals surface area contributed by atoms with Crippen LogP contribution in [0.1, 0.15) is 43.7 Å². The van der Waals surface area contributed by atoms with Gasteiger partial charge in [0.2, 0.25) is 0 Å². The van der Waals surface area contributed by atoms with Crippen LogP contribution in [0.15, 0.2) is 30.4 Å². The second-order valence-electron chi connectivity index (χ2n) is 6.25. The van der Waals surface area contributed by atoms with Gasteiger partial charge in [-0.15, -0.1) is 0 Å². The highest BCUT2D eigenvalue weighted by Gasteiger charge is 2.27. The molecule has 1 unspecified atom stereocenters. The van der Waals surface area contributed by atoms with Crippen molar-refractivity contribution >= 4 is 0 Å². The van der Waals surface area contributed by atoms with Gasteiger partial charge in [-0.3, -0.25) is 4.90 Å². The fourth-order valence-corrected chi connectivity index (χ4v) is 3.43. The molecule has 1 aromatic carbocycles. The molecule has 2 aliphatic rings. The van der Waals surface area contributed by atoms with Crippen LogP contribution in [-0.4, -0.2) is 30.6 Å². The predicted molar refractivity (Wildman–Crippen MR) is 83.5 cm³/mol. The summed E-state index contributed by atoms with van der Waals surface area (Å²) in [5, 5.41) is 0. The highest BCUT2D eigenvalue weighted by Crippen LogP contribution is 2.39. The highest BCUT2D eigenvalue weighted by atomic mass is 16.5. The maximum atomic E-state index is 5.97. The van der Waals surface area contributed by atoms with Crippen molar-refractivity contribution in [1.29, 1.82) is 0 Å². The van der Waals surface area contributed by atoms with Crippen LogP contribution in [0.5, 0.6) is 5.75 Å². The molecule has 0 bridgehead atoms. The van der Waals surface area contributed by atoms with E-state index in [1.54, 1.807) is 0 Å². The number of benzene rings is 1. The lowest BCUT2D eigenvalue weighted by atomic mass is 10.00. The molecule has 108 valence electrons. The van der Waals surface area contributed by atoms with Crippen LogP contribution in [0.2, 0.25) is 0 Å². The lowest BCUT2D eigenvalue weighted by Gasteiger charge is -2.26. The Hall–Kier alpha value is -1.28. The number of hydrogen-bond donors (Lipinski definition) is 0. The first-order valence-electron chi connectivity index (χ1n) is 7.90. The normalized spacial score (nSPS) is 22.2. The van der Waals surface area contributed by atoms with E-state index in [1.807, 2.05) is 0 Å². The smallest absolute Gasteiger partial charge is 0.123 e. The van der Waals surface area contributed by atoms with Gasteiger partial charge >= 0.3 is 0 Å². The van der Waals surface area contributed by atoms with Gasteiger partial charge in [0.1, 0.15) is 5.75 Å². The summed E-state index contributed by atoms with van der Waals surface area (Å²) < 4.78 is 5.97. The Morgan fingerprint density at radius 2 is 2.20 bits per heavy atom. The van der Waals surface area contributed by atoms with Gasteiger partial charge in [0.15, 0.2) is 0 Å². The molecule has 0 N–H and O–H groups in total. The topological polar surface area (TPSA) is 12.5 Å². The molecule has 2 nitrogen and oxygen atoms in total. The van der Waals surface area contributed by atoms with Crippen LogP contribution < -0.4 is 4.74 Å². The summed E-state index contributed by atoms with van der Waals surface area (Å²) in [6.07, 6.45) is 8.51. The van der Waals surface area contributed by atoms with Crippen LogP contribution in [0.3, 0.4) is 0 Å². The molecule has 0 spiro atoms. The van der Waals surface area contributed by atoms with Crippen molar-refractivity contribution in [3.05, 3.63) is 41.5 Å². The Kier molecular flexibility index (Phi) is 4.11. The lowest BCUT2D eigenvalue weighted by molar-refractivity contribution is 0.240. The molecule has 1 aliphatic carbocycles. The van der Waals surface area contributed by atoms with Crippen LogP contribution in [0.25, 0.3) is 0 Å². The molecule has 0 fully saturated rings. The molecular weight excluding hydrogens is 246 g/mol. The van der Waals surface area contributed by atoms with Gasteiger partial charge in [0.25, 0.3) is 0 Å². The number of nitrogens with zero attached hydrogens (tertiary/aromatic N) is 1. The Labute approximate surface area is 122 Å². The van der Waals surface area contributed by atoms with Crippen molar-refractivity contribution in [3.63, 3.8) is 0 Å². The molecule has 20 heavy (non-hydrogen) atoms. The maximum absolute atomic E-state index is 5.97. The second kappa shape index (κ2) is 6.01. The molecule has 1 heterocycles. The molecule has 2 heteroatoms. The van der Waals surface area contributed by atoms with Crippen molar-refractivity contribution in [2.75, 3.05) is 19.6 Å². The summed E-state index contributed by atoms with van der Waals surface area (Å²) in [4.78, 5) is 2.58. The number of ether oxygens (including phenoxy) is 1. The first-order valence-corrected chi connectivity index (χ1v) is 7.90. The van der Waals surface area contributed by atoms with E-state index in [-0.39, 0.29) is 6.10 Å². The monoisotopic (exact) mass is 271 g/mol. The maximum Gasteiger partial charge on any atom is 0.123 e. The standard InChI is InChI=1S/C18H25NO/c1-14(2)20-18-8-6-7-16-15(9-10-17(16)18)13-19-11-4-3-5-12-19/h3-4,6-8,14-15H,5,9-13H2,1-2H3. The average Bonchev–Trinajstić information content (AvgIpc) is 2.84. The minimum atomic E-state index is 0.257. The van der Waals surface area contributed by atoms with Crippen LogP contribution in [-0.2, 0) is 6.42 Å². The first kappa shape index (κ1) is 13.7. The third-order valence-corrected chi connectivity index (χ3v) is 4.34. The van der Waals surface area contributed by atoms with Gasteiger partial charge in [0, 0.05) is 19.6 Å². The zero-order valence-corrected chi connectivity index (χ0v) is 12.6. The molecule has 0 saturated carbocycles. The molecule has 3 rings (SSSR count). The molecule has 1 aromatic rings. The van der Waals surface area contributed by atoms with Gasteiger partial charge < -0.3 is 4.74 Å². The molecule has 0 radical (unpaired) electrons. The first-order chi connectivity index (χ1) is 9.74. The van der Waals surface area contributed by atoms with Gasteiger partial charge in [-0.05, 0) is 56.2 Å². The minimum absolute atomic E-state index is 0.257. The summed E-state index contributed by atoms with van der Waals surface area (Å²) >= 11 is 0. The van der Waals surface area contributed by atoms with Crippen molar-refractivity contribution in [3.8, 4) is 5.75 Å². The summed E-state index contributed by atoms with van der Waals surface area (Å²) in [7, 11) is 0. The Morgan fingerprint density at radius 3 is 2.95 bits per heavy atom. The third-order valence-electron chi connectivity index (χ3n) is 4.34. The predicted octanol–water partition coefficient (Wildman–Crippen LogP) is 3.77. The third kappa shape index (κ3) is 2.90. The number of hydrogen-bond acceptors (Lipinski definition) is 2. The van der Waals surface area contributed by atoms with E-state index < -0.39 is 0 Å². The van der Waals surface area contributed by atoms with Crippen LogP contribution >= 0.6 is 0 Å². The van der Waals surface area contributed by atoms with Crippen molar-refractivity contribution in [2.24, 2.45) is 0 Å². The zero-order chi connectivity index (χ0) is 13.9. The summed E-state index contributed by atoms with van der Waals surface area (Å²) in [5.41, 5.74) is 2.98. The number of fused-ring (bicyclic) bond motifs is 1. The SMILES string of the molecule is CC(C)Oc1cccc2c1CCC2CN1CC=CCC1. The molecule has 1 atom stereocenters. The van der Waals surface area contributed by atoms with Crippen LogP contribution in [0.4, 0.5) is 0 Å². The van der Waals surface area contributed by atoms with E-state index in [0.717, 1.165) is 12.3 Å².